The summed E-state index contributed by atoms with van der Waals surface area (Å²) in [6.07, 6.45) is -6.23. The van der Waals surface area contributed by atoms with Crippen LogP contribution in [0.2, 0.25) is 0 Å². The van der Waals surface area contributed by atoms with Crippen LogP contribution in [0.1, 0.15) is 24.2 Å². The van der Waals surface area contributed by atoms with Crippen LogP contribution in [0, 0.1) is 0 Å². The Bertz CT molecular complexity index is 491. The van der Waals surface area contributed by atoms with E-state index in [0.717, 1.165) is 12.1 Å². The van der Waals surface area contributed by atoms with Gasteiger partial charge in [-0.2, -0.15) is 13.2 Å². The Morgan fingerprint density at radius 2 is 2.11 bits per heavy atom. The smallest absolute Gasteiger partial charge is 0.416 e. The molecular weight excluding hydrogens is 281 g/mol. The van der Waals surface area contributed by atoms with E-state index in [0.29, 0.717) is 0 Å². The standard InChI is InChI=1S/C11H11F3N2O2S/c1-6(18-10(17)16-9(15)19)7-3-2-4-8(5-7)11(12,13)14/h2-6H,1H3,(H3,15,16,17,19). The minimum atomic E-state index is -4.45. The minimum absolute atomic E-state index is 0.216. The van der Waals surface area contributed by atoms with Crippen LogP contribution < -0.4 is 11.1 Å². The third kappa shape index (κ3) is 4.74. The van der Waals surface area contributed by atoms with Crippen LogP contribution in [0.5, 0.6) is 0 Å². The third-order valence-corrected chi connectivity index (χ3v) is 2.29. The number of thiocarbonyl (C=S) groups is 1. The van der Waals surface area contributed by atoms with Gasteiger partial charge in [-0.05, 0) is 36.8 Å². The fraction of sp³-hybridized carbons (Fsp3) is 0.273. The van der Waals surface area contributed by atoms with E-state index in [1.165, 1.54) is 19.1 Å². The molecule has 0 radical (unpaired) electrons. The fourth-order valence-corrected chi connectivity index (χ4v) is 1.41. The van der Waals surface area contributed by atoms with Crippen LogP contribution in [0.25, 0.3) is 0 Å². The summed E-state index contributed by atoms with van der Waals surface area (Å²) in [7, 11) is 0. The quantitative estimate of drug-likeness (QED) is 0.823. The first-order chi connectivity index (χ1) is 8.70. The highest BCUT2D eigenvalue weighted by Crippen LogP contribution is 2.31. The van der Waals surface area contributed by atoms with Crippen molar-refractivity contribution in [1.29, 1.82) is 0 Å². The molecule has 1 rings (SSSR count). The van der Waals surface area contributed by atoms with E-state index in [1.807, 2.05) is 5.32 Å². The maximum atomic E-state index is 12.5. The van der Waals surface area contributed by atoms with E-state index >= 15 is 0 Å². The van der Waals surface area contributed by atoms with Crippen molar-refractivity contribution in [2.75, 3.05) is 0 Å². The van der Waals surface area contributed by atoms with Gasteiger partial charge >= 0.3 is 12.3 Å². The third-order valence-electron chi connectivity index (χ3n) is 2.19. The zero-order valence-corrected chi connectivity index (χ0v) is 10.6. The molecule has 0 heterocycles. The van der Waals surface area contributed by atoms with Crippen LogP contribution >= 0.6 is 12.2 Å². The lowest BCUT2D eigenvalue weighted by Crippen LogP contribution is -2.35. The Hall–Kier alpha value is -1.83. The van der Waals surface area contributed by atoms with E-state index in [4.69, 9.17) is 10.5 Å². The summed E-state index contributed by atoms with van der Waals surface area (Å²) in [6, 6.07) is 4.52. The molecule has 0 saturated heterocycles. The number of hydrogen-bond donors (Lipinski definition) is 2. The van der Waals surface area contributed by atoms with Crippen LogP contribution in [-0.4, -0.2) is 11.2 Å². The van der Waals surface area contributed by atoms with Gasteiger partial charge in [-0.1, -0.05) is 12.1 Å². The van der Waals surface area contributed by atoms with E-state index in [1.54, 1.807) is 0 Å². The number of carbonyl (C=O) groups is 1. The first-order valence-electron chi connectivity index (χ1n) is 5.14. The van der Waals surface area contributed by atoms with Crippen molar-refractivity contribution >= 4 is 23.4 Å². The number of ether oxygens (including phenoxy) is 1. The predicted molar refractivity (Wildman–Crippen MR) is 66.3 cm³/mol. The van der Waals surface area contributed by atoms with Crippen LogP contribution in [-0.2, 0) is 10.9 Å². The van der Waals surface area contributed by atoms with Crippen molar-refractivity contribution < 1.29 is 22.7 Å². The molecule has 104 valence electrons. The minimum Gasteiger partial charge on any atom is -0.441 e. The largest absolute Gasteiger partial charge is 0.441 e. The molecule has 1 atom stereocenters. The summed E-state index contributed by atoms with van der Waals surface area (Å²) in [5.41, 5.74) is 4.47. The number of benzene rings is 1. The fourth-order valence-electron chi connectivity index (χ4n) is 1.33. The second-order valence-electron chi connectivity index (χ2n) is 3.66. The number of rotatable bonds is 2. The number of nitrogens with one attached hydrogen (secondary N) is 1. The topological polar surface area (TPSA) is 64.3 Å². The molecule has 0 spiro atoms. The molecule has 1 unspecified atom stereocenters. The first kappa shape index (κ1) is 15.2. The molecule has 0 aliphatic carbocycles. The highest BCUT2D eigenvalue weighted by atomic mass is 32.1. The molecule has 0 aromatic heterocycles. The molecule has 1 amide bonds. The molecule has 3 N–H and O–H groups in total. The Kier molecular flexibility index (Phi) is 4.71. The van der Waals surface area contributed by atoms with E-state index in [-0.39, 0.29) is 10.7 Å². The van der Waals surface area contributed by atoms with Crippen molar-refractivity contribution in [2.24, 2.45) is 5.73 Å². The van der Waals surface area contributed by atoms with Gasteiger partial charge in [0.2, 0.25) is 0 Å². The molecule has 0 fully saturated rings. The lowest BCUT2D eigenvalue weighted by molar-refractivity contribution is -0.137. The number of hydrogen-bond acceptors (Lipinski definition) is 3. The summed E-state index contributed by atoms with van der Waals surface area (Å²) in [5.74, 6) is 0. The SMILES string of the molecule is CC(OC(=O)NC(N)=S)c1cccc(C(F)(F)F)c1. The number of carbonyl (C=O) groups excluding carboxylic acids is 1. The number of nitrogens with two attached hydrogens (primary N) is 1. The van der Waals surface area contributed by atoms with Gasteiger partial charge in [0.15, 0.2) is 5.11 Å². The Morgan fingerprint density at radius 1 is 1.47 bits per heavy atom. The summed E-state index contributed by atoms with van der Waals surface area (Å²) in [6.45, 7) is 1.44. The van der Waals surface area contributed by atoms with Gasteiger partial charge in [0.1, 0.15) is 6.10 Å². The van der Waals surface area contributed by atoms with Crippen LogP contribution in [0.3, 0.4) is 0 Å². The first-order valence-corrected chi connectivity index (χ1v) is 5.55. The number of halogens is 3. The number of alkyl halides is 3. The van der Waals surface area contributed by atoms with Crippen LogP contribution in [0.4, 0.5) is 18.0 Å². The second-order valence-corrected chi connectivity index (χ2v) is 4.10. The van der Waals surface area contributed by atoms with E-state index in [2.05, 4.69) is 12.2 Å². The van der Waals surface area contributed by atoms with Crippen LogP contribution in [0.15, 0.2) is 24.3 Å². The van der Waals surface area contributed by atoms with E-state index < -0.39 is 23.9 Å². The van der Waals surface area contributed by atoms with Crippen molar-refractivity contribution in [1.82, 2.24) is 5.32 Å². The Balaban J connectivity index is 2.80. The van der Waals surface area contributed by atoms with Crippen molar-refractivity contribution in [3.05, 3.63) is 35.4 Å². The molecule has 0 bridgehead atoms. The average Bonchev–Trinajstić information content (AvgIpc) is 2.26. The molecule has 1 aromatic rings. The van der Waals surface area contributed by atoms with Crippen molar-refractivity contribution in [2.45, 2.75) is 19.2 Å². The summed E-state index contributed by atoms with van der Waals surface area (Å²) < 4.78 is 42.4. The molecule has 0 aliphatic rings. The van der Waals surface area contributed by atoms with E-state index in [9.17, 15) is 18.0 Å². The molecular formula is C11H11F3N2O2S. The zero-order chi connectivity index (χ0) is 14.6. The number of amides is 1. The molecule has 0 saturated carbocycles. The van der Waals surface area contributed by atoms with Gasteiger partial charge in [0.05, 0.1) is 5.56 Å². The maximum absolute atomic E-state index is 12.5. The van der Waals surface area contributed by atoms with Gasteiger partial charge in [-0.15, -0.1) is 0 Å². The van der Waals surface area contributed by atoms with Gasteiger partial charge < -0.3 is 10.5 Å². The normalized spacial score (nSPS) is 12.6. The van der Waals surface area contributed by atoms with Crippen molar-refractivity contribution in [3.8, 4) is 0 Å². The highest BCUT2D eigenvalue weighted by molar-refractivity contribution is 7.80. The monoisotopic (exact) mass is 292 g/mol. The van der Waals surface area contributed by atoms with Gasteiger partial charge in [0.25, 0.3) is 0 Å². The average molecular weight is 292 g/mol. The Labute approximate surface area is 112 Å². The summed E-state index contributed by atoms with van der Waals surface area (Å²) in [5, 5.41) is 1.74. The Morgan fingerprint density at radius 3 is 2.63 bits per heavy atom. The predicted octanol–water partition coefficient (Wildman–Crippen LogP) is 2.74. The second kappa shape index (κ2) is 5.87. The molecule has 0 aliphatic heterocycles. The van der Waals surface area contributed by atoms with Gasteiger partial charge in [-0.25, -0.2) is 4.79 Å². The molecule has 4 nitrogen and oxygen atoms in total. The molecule has 8 heteroatoms. The zero-order valence-electron chi connectivity index (χ0n) is 9.82. The highest BCUT2D eigenvalue weighted by Gasteiger charge is 2.30. The van der Waals surface area contributed by atoms with Crippen molar-refractivity contribution in [3.63, 3.8) is 0 Å². The molecule has 1 aromatic carbocycles. The van der Waals surface area contributed by atoms with Gasteiger partial charge in [-0.3, -0.25) is 5.32 Å². The molecule has 19 heavy (non-hydrogen) atoms. The maximum Gasteiger partial charge on any atom is 0.416 e. The lowest BCUT2D eigenvalue weighted by Gasteiger charge is -2.15. The lowest BCUT2D eigenvalue weighted by atomic mass is 10.1. The summed E-state index contributed by atoms with van der Waals surface area (Å²) in [4.78, 5) is 11.2. The summed E-state index contributed by atoms with van der Waals surface area (Å²) >= 11 is 4.43. The number of alkyl carbamates (subject to hydrolysis) is 1. The van der Waals surface area contributed by atoms with Gasteiger partial charge in [0, 0.05) is 0 Å².